The average molecular weight is 226 g/mol. The van der Waals surface area contributed by atoms with E-state index in [4.69, 9.17) is 9.47 Å². The highest BCUT2D eigenvalue weighted by Crippen LogP contribution is 2.70. The van der Waals surface area contributed by atoms with Crippen LogP contribution in [0.3, 0.4) is 0 Å². The van der Waals surface area contributed by atoms with Crippen LogP contribution < -0.4 is 0 Å². The number of hydrogen-bond acceptors (Lipinski definition) is 2. The van der Waals surface area contributed by atoms with Crippen molar-refractivity contribution in [3.05, 3.63) is 0 Å². The molecule has 2 aliphatic carbocycles. The minimum Gasteiger partial charge on any atom is -0.350 e. The van der Waals surface area contributed by atoms with Crippen molar-refractivity contribution in [3.63, 3.8) is 0 Å². The molecule has 2 aliphatic rings. The zero-order valence-electron chi connectivity index (χ0n) is 11.4. The summed E-state index contributed by atoms with van der Waals surface area (Å²) in [6.45, 7) is 12.8. The van der Waals surface area contributed by atoms with Gasteiger partial charge in [0.2, 0.25) is 0 Å². The lowest BCUT2D eigenvalue weighted by atomic mass is 9.71. The molecule has 16 heavy (non-hydrogen) atoms. The first-order chi connectivity index (χ1) is 7.42. The largest absolute Gasteiger partial charge is 0.350 e. The van der Waals surface area contributed by atoms with E-state index in [0.29, 0.717) is 16.7 Å². The lowest BCUT2D eigenvalue weighted by Crippen LogP contribution is -2.43. The summed E-state index contributed by atoms with van der Waals surface area (Å²) in [5, 5.41) is 0. The molecule has 1 unspecified atom stereocenters. The summed E-state index contributed by atoms with van der Waals surface area (Å²) in [4.78, 5) is 0. The maximum Gasteiger partial charge on any atom is 0.172 e. The molecule has 2 saturated carbocycles. The van der Waals surface area contributed by atoms with Crippen molar-refractivity contribution in [1.29, 1.82) is 0 Å². The summed E-state index contributed by atoms with van der Waals surface area (Å²) >= 11 is 0. The van der Waals surface area contributed by atoms with E-state index in [1.54, 1.807) is 0 Å². The Morgan fingerprint density at radius 3 is 1.94 bits per heavy atom. The molecule has 0 aromatic carbocycles. The summed E-state index contributed by atoms with van der Waals surface area (Å²) in [5.74, 6) is 0.268. The van der Waals surface area contributed by atoms with E-state index >= 15 is 0 Å². The summed E-state index contributed by atoms with van der Waals surface area (Å²) < 4.78 is 12.1. The highest BCUT2D eigenvalue weighted by atomic mass is 16.7. The van der Waals surface area contributed by atoms with Crippen LogP contribution >= 0.6 is 0 Å². The van der Waals surface area contributed by atoms with E-state index in [-0.39, 0.29) is 5.79 Å². The fraction of sp³-hybridized carbons (Fsp3) is 1.00. The van der Waals surface area contributed by atoms with Crippen LogP contribution in [0.2, 0.25) is 0 Å². The summed E-state index contributed by atoms with van der Waals surface area (Å²) in [6, 6.07) is 0. The minimum atomic E-state index is -0.292. The Balaban J connectivity index is 2.31. The van der Waals surface area contributed by atoms with Gasteiger partial charge in [-0.05, 0) is 37.5 Å². The van der Waals surface area contributed by atoms with Crippen molar-refractivity contribution < 1.29 is 9.47 Å². The molecule has 0 radical (unpaired) electrons. The van der Waals surface area contributed by atoms with Crippen molar-refractivity contribution in [3.8, 4) is 0 Å². The van der Waals surface area contributed by atoms with E-state index in [1.807, 2.05) is 0 Å². The molecule has 0 aromatic rings. The Hall–Kier alpha value is -0.0800. The van der Waals surface area contributed by atoms with Crippen LogP contribution in [-0.2, 0) is 9.47 Å². The highest BCUT2D eigenvalue weighted by molar-refractivity contribution is 5.13. The molecule has 2 heteroatoms. The van der Waals surface area contributed by atoms with Gasteiger partial charge in [-0.25, -0.2) is 0 Å². The molecule has 0 aromatic heterocycles. The molecular formula is C14H26O2. The predicted molar refractivity (Wildman–Crippen MR) is 65.2 cm³/mol. The van der Waals surface area contributed by atoms with Gasteiger partial charge in [-0.15, -0.1) is 0 Å². The molecule has 2 nitrogen and oxygen atoms in total. The van der Waals surface area contributed by atoms with Crippen molar-refractivity contribution in [1.82, 2.24) is 0 Å². The predicted octanol–water partition coefficient (Wildman–Crippen LogP) is 3.60. The van der Waals surface area contributed by atoms with E-state index in [9.17, 15) is 0 Å². The van der Waals surface area contributed by atoms with Gasteiger partial charge in [0, 0.05) is 25.6 Å². The van der Waals surface area contributed by atoms with Crippen LogP contribution in [0.25, 0.3) is 0 Å². The van der Waals surface area contributed by atoms with Crippen LogP contribution in [0.4, 0.5) is 0 Å². The zero-order chi connectivity index (χ0) is 12.0. The van der Waals surface area contributed by atoms with Gasteiger partial charge >= 0.3 is 0 Å². The third kappa shape index (κ3) is 1.39. The number of hydrogen-bond donors (Lipinski definition) is 0. The fourth-order valence-corrected chi connectivity index (χ4v) is 4.15. The quantitative estimate of drug-likeness (QED) is 0.682. The summed E-state index contributed by atoms with van der Waals surface area (Å²) in [5.41, 5.74) is 0.735. The van der Waals surface area contributed by atoms with Crippen molar-refractivity contribution >= 4 is 0 Å². The average Bonchev–Trinajstić information content (AvgIpc) is 2.47. The molecule has 2 fully saturated rings. The maximum atomic E-state index is 6.04. The molecule has 0 saturated heterocycles. The molecule has 94 valence electrons. The van der Waals surface area contributed by atoms with Crippen molar-refractivity contribution in [2.45, 2.75) is 59.7 Å². The molecule has 0 amide bonds. The molecule has 2 bridgehead atoms. The van der Waals surface area contributed by atoms with Gasteiger partial charge in [-0.3, -0.25) is 0 Å². The Labute approximate surface area is 99.7 Å². The number of rotatable bonds is 4. The molecule has 2 rings (SSSR count). The van der Waals surface area contributed by atoms with Crippen LogP contribution in [0.1, 0.15) is 53.9 Å². The minimum absolute atomic E-state index is 0.292. The normalized spacial score (nSPS) is 39.2. The number of ether oxygens (including phenoxy) is 2. The van der Waals surface area contributed by atoms with Crippen molar-refractivity contribution in [2.24, 2.45) is 16.7 Å². The topological polar surface area (TPSA) is 18.5 Å². The Morgan fingerprint density at radius 1 is 1.06 bits per heavy atom. The van der Waals surface area contributed by atoms with E-state index in [2.05, 4.69) is 34.6 Å². The third-order valence-electron chi connectivity index (χ3n) is 5.36. The molecule has 0 spiro atoms. The van der Waals surface area contributed by atoms with Gasteiger partial charge in [-0.2, -0.15) is 0 Å². The second-order valence-corrected chi connectivity index (χ2v) is 6.23. The van der Waals surface area contributed by atoms with Crippen LogP contribution in [0, 0.1) is 16.7 Å². The van der Waals surface area contributed by atoms with Crippen LogP contribution in [0.5, 0.6) is 0 Å². The molecule has 0 heterocycles. The van der Waals surface area contributed by atoms with Gasteiger partial charge < -0.3 is 9.47 Å². The maximum absolute atomic E-state index is 6.04. The number of fused-ring (bicyclic) bond motifs is 2. The second kappa shape index (κ2) is 3.71. The van der Waals surface area contributed by atoms with Gasteiger partial charge in [0.25, 0.3) is 0 Å². The summed E-state index contributed by atoms with van der Waals surface area (Å²) in [6.07, 6.45) is 3.65. The molecular weight excluding hydrogens is 200 g/mol. The first kappa shape index (κ1) is 12.4. The smallest absolute Gasteiger partial charge is 0.172 e. The van der Waals surface area contributed by atoms with E-state index in [1.165, 1.54) is 12.8 Å². The van der Waals surface area contributed by atoms with Crippen molar-refractivity contribution in [2.75, 3.05) is 13.2 Å². The Kier molecular flexibility index (Phi) is 2.87. The lowest BCUT2D eigenvalue weighted by Gasteiger charge is -2.38. The van der Waals surface area contributed by atoms with Gasteiger partial charge in [-0.1, -0.05) is 20.8 Å². The Morgan fingerprint density at radius 2 is 1.62 bits per heavy atom. The second-order valence-electron chi connectivity index (χ2n) is 6.23. The monoisotopic (exact) mass is 226 g/mol. The standard InChI is InChI=1S/C14H26O2/c1-6-15-14(16-7-2)10-13(5)9-8-11(14)12(13,3)4/h11H,6-10H2,1-5H3/t11?,13-/m1/s1. The van der Waals surface area contributed by atoms with Gasteiger partial charge in [0.15, 0.2) is 5.79 Å². The van der Waals surface area contributed by atoms with Crippen LogP contribution in [-0.4, -0.2) is 19.0 Å². The zero-order valence-corrected chi connectivity index (χ0v) is 11.4. The first-order valence-electron chi connectivity index (χ1n) is 6.70. The van der Waals surface area contributed by atoms with E-state index < -0.39 is 0 Å². The lowest BCUT2D eigenvalue weighted by molar-refractivity contribution is -0.266. The van der Waals surface area contributed by atoms with Crippen LogP contribution in [0.15, 0.2) is 0 Å². The highest BCUT2D eigenvalue weighted by Gasteiger charge is 2.68. The van der Waals surface area contributed by atoms with E-state index in [0.717, 1.165) is 19.6 Å². The Bertz CT molecular complexity index is 263. The summed E-state index contributed by atoms with van der Waals surface area (Å²) in [7, 11) is 0. The molecule has 0 aliphatic heterocycles. The third-order valence-corrected chi connectivity index (χ3v) is 5.36. The first-order valence-corrected chi connectivity index (χ1v) is 6.70. The fourth-order valence-electron chi connectivity index (χ4n) is 4.15. The SMILES string of the molecule is CCOC1(OCC)C[C@@]2(C)CCC1C2(C)C. The van der Waals surface area contributed by atoms with Gasteiger partial charge in [0.05, 0.1) is 0 Å². The van der Waals surface area contributed by atoms with Gasteiger partial charge in [0.1, 0.15) is 0 Å². The molecule has 2 atom stereocenters. The molecule has 0 N–H and O–H groups in total.